The topological polar surface area (TPSA) is 109 Å². The molecule has 0 saturated heterocycles. The van der Waals surface area contributed by atoms with Crippen molar-refractivity contribution in [1.82, 2.24) is 0 Å². The van der Waals surface area contributed by atoms with Gasteiger partial charge in [0.15, 0.2) is 0 Å². The summed E-state index contributed by atoms with van der Waals surface area (Å²) in [6.45, 7) is 4.41. The van der Waals surface area contributed by atoms with E-state index in [4.69, 9.17) is 9.11 Å². The number of allylic oxidation sites excluding steroid dienone is 4. The molecule has 0 bridgehead atoms. The Kier molecular flexibility index (Phi) is 9.67. The predicted molar refractivity (Wildman–Crippen MR) is 104 cm³/mol. The quantitative estimate of drug-likeness (QED) is 0.603. The average molecular weight is 501 g/mol. The summed E-state index contributed by atoms with van der Waals surface area (Å²) in [4.78, 5) is -0.148. The maximum atomic E-state index is 10.4. The van der Waals surface area contributed by atoms with E-state index < -0.39 is 20.2 Å². The first-order valence-electron chi connectivity index (χ1n) is 8.06. The maximum Gasteiger partial charge on any atom is 0.294 e. The van der Waals surface area contributed by atoms with Crippen LogP contribution in [0.25, 0.3) is 0 Å². The van der Waals surface area contributed by atoms with Gasteiger partial charge in [0.2, 0.25) is 0 Å². The van der Waals surface area contributed by atoms with Crippen molar-refractivity contribution < 1.29 is 50.7 Å². The molecule has 2 N–H and O–H groups in total. The molecule has 28 heavy (non-hydrogen) atoms. The summed E-state index contributed by atoms with van der Waals surface area (Å²) in [5, 5.41) is 0. The molecular weight excluding hydrogens is 480 g/mol. The zero-order chi connectivity index (χ0) is 21.4. The Morgan fingerprint density at radius 2 is 1.11 bits per heavy atom. The fourth-order valence-corrected chi connectivity index (χ4v) is 3.54. The van der Waals surface area contributed by atoms with Gasteiger partial charge in [0, 0.05) is 0 Å². The molecule has 2 aromatic carbocycles. The van der Waals surface area contributed by atoms with Crippen molar-refractivity contribution in [2.24, 2.45) is 0 Å². The molecule has 0 atom stereocenters. The zero-order valence-electron chi connectivity index (χ0n) is 15.4. The van der Waals surface area contributed by atoms with Crippen molar-refractivity contribution in [2.45, 2.75) is 30.1 Å². The van der Waals surface area contributed by atoms with Gasteiger partial charge in [-0.3, -0.25) is 9.11 Å². The molecule has 0 unspecified atom stereocenters. The van der Waals surface area contributed by atoms with E-state index in [-0.39, 0.29) is 9.79 Å². The van der Waals surface area contributed by atoms with E-state index in [2.05, 4.69) is 19.9 Å². The molecule has 0 amide bonds. The zero-order valence-corrected chi connectivity index (χ0v) is 19.5. The van der Waals surface area contributed by atoms with E-state index in [1.54, 1.807) is 70.0 Å². The summed E-state index contributed by atoms with van der Waals surface area (Å²) in [5.74, 6) is 0. The van der Waals surface area contributed by atoms with Crippen molar-refractivity contribution in [2.75, 3.05) is 0 Å². The Bertz CT molecular complexity index is 969. The van der Waals surface area contributed by atoms with E-state index in [1.165, 1.54) is 36.3 Å². The van der Waals surface area contributed by atoms with Crippen LogP contribution in [0.15, 0.2) is 91.0 Å². The van der Waals surface area contributed by atoms with Gasteiger partial charge in [-0.05, 0) is 24.3 Å². The minimum atomic E-state index is -4.00. The normalized spacial score (nSPS) is 13.6. The second-order valence-electron chi connectivity index (χ2n) is 5.82. The molecule has 0 saturated carbocycles. The molecule has 0 aromatic heterocycles. The Morgan fingerprint density at radius 1 is 0.750 bits per heavy atom. The number of hydrogen-bond acceptors (Lipinski definition) is 4. The van der Waals surface area contributed by atoms with Gasteiger partial charge in [0.1, 0.15) is 0 Å². The molecule has 0 fully saturated rings. The van der Waals surface area contributed by atoms with Crippen molar-refractivity contribution in [3.63, 3.8) is 0 Å². The molecule has 9 heteroatoms. The van der Waals surface area contributed by atoms with Gasteiger partial charge in [-0.15, -0.1) is 0 Å². The van der Waals surface area contributed by atoms with Crippen LogP contribution in [0.2, 0.25) is 0 Å². The smallest absolute Gasteiger partial charge is 0.282 e. The molecule has 0 radical (unpaired) electrons. The first-order valence-corrected chi connectivity index (χ1v) is 12.2. The summed E-state index contributed by atoms with van der Waals surface area (Å²) in [7, 11) is -8.01. The van der Waals surface area contributed by atoms with Crippen LogP contribution in [0.4, 0.5) is 0 Å². The van der Waals surface area contributed by atoms with Gasteiger partial charge < -0.3 is 0 Å². The molecule has 6 nitrogen and oxygen atoms in total. The third-order valence-electron chi connectivity index (χ3n) is 3.62. The third kappa shape index (κ3) is 8.75. The SMILES string of the molecule is CC1=CCC(C)=[C]1[Zr].O=S(=O)(O)c1ccccc1.O=S(=O)(O)c1ccccc1. The Labute approximate surface area is 181 Å². The molecule has 2 aromatic rings. The maximum absolute atomic E-state index is 10.4. The standard InChI is InChI=1S/C7H9.2C6H6O3S.Zr/c1-6-3-4-7(2)5-6;2*7-10(8,9)6-4-2-1-3-5-6;/h3H,4H2,1-2H3;2*1-5H,(H,7,8,9);. The summed E-state index contributed by atoms with van der Waals surface area (Å²) in [6, 6.07) is 14.8. The molecule has 3 rings (SSSR count). The Morgan fingerprint density at radius 3 is 1.25 bits per heavy atom. The predicted octanol–water partition coefficient (Wildman–Crippen LogP) is 4.02. The largest absolute Gasteiger partial charge is 0.294 e. The summed E-state index contributed by atoms with van der Waals surface area (Å²) >= 11 is 1.57. The molecule has 149 valence electrons. The molecule has 0 spiro atoms. The fourth-order valence-electron chi connectivity index (χ4n) is 2.03. The van der Waals surface area contributed by atoms with Crippen LogP contribution in [0, 0.1) is 0 Å². The van der Waals surface area contributed by atoms with Crippen molar-refractivity contribution in [3.8, 4) is 0 Å². The summed E-state index contributed by atoms with van der Waals surface area (Å²) in [6.07, 6.45) is 3.51. The van der Waals surface area contributed by atoms with Gasteiger partial charge in [-0.25, -0.2) is 0 Å². The van der Waals surface area contributed by atoms with E-state index in [0.29, 0.717) is 0 Å². The molecule has 1 aliphatic rings. The number of rotatable bonds is 2. The first kappa shape index (κ1) is 24.7. The summed E-state index contributed by atoms with van der Waals surface area (Å²) < 4.78 is 60.1. The number of benzene rings is 2. The fraction of sp³-hybridized carbons (Fsp3) is 0.158. The van der Waals surface area contributed by atoms with Crippen LogP contribution >= 0.6 is 0 Å². The minimum absolute atomic E-state index is 0.0741. The van der Waals surface area contributed by atoms with E-state index in [9.17, 15) is 16.8 Å². The van der Waals surface area contributed by atoms with E-state index in [1.807, 2.05) is 0 Å². The van der Waals surface area contributed by atoms with E-state index in [0.717, 1.165) is 0 Å². The van der Waals surface area contributed by atoms with Gasteiger partial charge in [-0.1, -0.05) is 36.4 Å². The monoisotopic (exact) mass is 499 g/mol. The van der Waals surface area contributed by atoms with Crippen LogP contribution in [-0.2, 0) is 45.0 Å². The second-order valence-corrected chi connectivity index (χ2v) is 9.89. The van der Waals surface area contributed by atoms with Crippen molar-refractivity contribution in [3.05, 3.63) is 81.2 Å². The van der Waals surface area contributed by atoms with Gasteiger partial charge in [0.05, 0.1) is 9.79 Å². The van der Waals surface area contributed by atoms with Gasteiger partial charge in [0.25, 0.3) is 20.2 Å². The Hall–Kier alpha value is -1.38. The van der Waals surface area contributed by atoms with Crippen molar-refractivity contribution in [1.29, 1.82) is 0 Å². The summed E-state index contributed by atoms with van der Waals surface area (Å²) in [5.41, 5.74) is 3.07. The van der Waals surface area contributed by atoms with Crippen LogP contribution < -0.4 is 0 Å². The van der Waals surface area contributed by atoms with Gasteiger partial charge >= 0.3 is 65.5 Å². The minimum Gasteiger partial charge on any atom is -0.282 e. The van der Waals surface area contributed by atoms with Crippen LogP contribution in [0.3, 0.4) is 0 Å². The van der Waals surface area contributed by atoms with Crippen LogP contribution in [0.1, 0.15) is 20.3 Å². The van der Waals surface area contributed by atoms with Crippen LogP contribution in [0.5, 0.6) is 0 Å². The molecule has 0 aliphatic heterocycles. The van der Waals surface area contributed by atoms with E-state index >= 15 is 0 Å². The number of hydrogen-bond donors (Lipinski definition) is 2. The Balaban J connectivity index is 0.000000212. The van der Waals surface area contributed by atoms with Crippen LogP contribution in [-0.4, -0.2) is 25.9 Å². The molecule has 1 aliphatic carbocycles. The first-order chi connectivity index (χ1) is 12.9. The average Bonchev–Trinajstić information content (AvgIpc) is 2.94. The second kappa shape index (κ2) is 11.0. The van der Waals surface area contributed by atoms with Crippen molar-refractivity contribution >= 4 is 20.2 Å². The van der Waals surface area contributed by atoms with Gasteiger partial charge in [-0.2, -0.15) is 16.8 Å². The molecular formula is C19H21O6S2Zr. The third-order valence-corrected chi connectivity index (χ3v) is 7.37. The molecule has 0 heterocycles.